The zero-order valence-corrected chi connectivity index (χ0v) is 22.8. The van der Waals surface area contributed by atoms with Crippen molar-refractivity contribution in [2.45, 2.75) is 32.2 Å². The lowest BCUT2D eigenvalue weighted by molar-refractivity contribution is -0.496. The summed E-state index contributed by atoms with van der Waals surface area (Å²) in [5, 5.41) is 20.7. The minimum absolute atomic E-state index is 0.00572. The van der Waals surface area contributed by atoms with Crippen molar-refractivity contribution in [3.05, 3.63) is 101 Å². The summed E-state index contributed by atoms with van der Waals surface area (Å²) in [6.45, 7) is 4.59. The van der Waals surface area contributed by atoms with Crippen LogP contribution in [0.15, 0.2) is 88.8 Å². The second-order valence-electron chi connectivity index (χ2n) is 9.62. The fraction of sp³-hybridized carbons (Fsp3) is 0.267. The maximum absolute atomic E-state index is 13.5. The van der Waals surface area contributed by atoms with E-state index in [4.69, 9.17) is 9.83 Å². The molecule has 1 saturated heterocycles. The Bertz CT molecular complexity index is 1410. The van der Waals surface area contributed by atoms with E-state index in [9.17, 15) is 4.79 Å². The quantitative estimate of drug-likeness (QED) is 0.183. The number of piperidine rings is 1. The number of aromatic nitrogens is 2. The van der Waals surface area contributed by atoms with Gasteiger partial charge < -0.3 is 9.32 Å². The Morgan fingerprint density at radius 1 is 1.13 bits per heavy atom. The minimum atomic E-state index is -0.101. The van der Waals surface area contributed by atoms with E-state index in [0.717, 1.165) is 50.1 Å². The van der Waals surface area contributed by atoms with E-state index in [1.165, 1.54) is 16.9 Å². The van der Waals surface area contributed by atoms with Crippen LogP contribution in [0.3, 0.4) is 0 Å². The summed E-state index contributed by atoms with van der Waals surface area (Å²) in [5.74, 6) is 1.10. The van der Waals surface area contributed by atoms with Gasteiger partial charge in [0.1, 0.15) is 17.7 Å². The second kappa shape index (κ2) is 12.8. The first-order valence-electron chi connectivity index (χ1n) is 13.2. The number of carbonyl (C=O) groups is 1. The van der Waals surface area contributed by atoms with Gasteiger partial charge in [-0.15, -0.1) is 21.5 Å². The van der Waals surface area contributed by atoms with Crippen LogP contribution in [0.2, 0.25) is 0 Å². The van der Waals surface area contributed by atoms with Crippen molar-refractivity contribution < 1.29 is 14.5 Å². The van der Waals surface area contributed by atoms with Crippen LogP contribution in [0, 0.1) is 12.3 Å². The number of likely N-dealkylation sites (tertiary alicyclic amines) is 1. The number of nitrogens with two attached hydrogens (primary N) is 1. The molecule has 1 amide bonds. The van der Waals surface area contributed by atoms with E-state index in [-0.39, 0.29) is 17.8 Å². The molecule has 2 aromatic carbocycles. The van der Waals surface area contributed by atoms with Crippen LogP contribution in [0.4, 0.5) is 5.69 Å². The molecule has 1 aliphatic heterocycles. The number of thiophene rings is 1. The number of benzene rings is 2. The third-order valence-corrected chi connectivity index (χ3v) is 7.75. The van der Waals surface area contributed by atoms with Crippen molar-refractivity contribution in [3.8, 4) is 11.5 Å². The summed E-state index contributed by atoms with van der Waals surface area (Å²) in [7, 11) is 0. The first-order valence-corrected chi connectivity index (χ1v) is 14.1. The summed E-state index contributed by atoms with van der Waals surface area (Å²) >= 11 is 1.42. The second-order valence-corrected chi connectivity index (χ2v) is 10.6. The largest absolute Gasteiger partial charge is 0.421 e. The Hall–Kier alpha value is -3.92. The van der Waals surface area contributed by atoms with E-state index in [1.54, 1.807) is 17.9 Å². The highest BCUT2D eigenvalue weighted by atomic mass is 32.1. The maximum Gasteiger partial charge on any atom is 0.269 e. The first kappa shape index (κ1) is 26.7. The molecule has 0 bridgehead atoms. The number of amides is 1. The molecular weight excluding hydrogens is 508 g/mol. The molecule has 9 heteroatoms. The van der Waals surface area contributed by atoms with Gasteiger partial charge in [0.05, 0.1) is 4.88 Å². The van der Waals surface area contributed by atoms with Crippen LogP contribution < -0.4 is 5.32 Å². The third-order valence-electron chi connectivity index (χ3n) is 6.89. The number of hydrogen-bond donors (Lipinski definition) is 2. The Kier molecular flexibility index (Phi) is 8.72. The highest BCUT2D eigenvalue weighted by molar-refractivity contribution is 7.12. The van der Waals surface area contributed by atoms with Gasteiger partial charge in [-0.25, -0.2) is 0 Å². The zero-order valence-electron chi connectivity index (χ0n) is 22.0. The zero-order chi connectivity index (χ0) is 27.0. The Balaban J connectivity index is 1.23. The Morgan fingerprint density at radius 2 is 1.95 bits per heavy atom. The predicted octanol–water partition coefficient (Wildman–Crippen LogP) is 4.64. The van der Waals surface area contributed by atoms with Crippen LogP contribution in [0.5, 0.6) is 0 Å². The number of quaternary nitrogens is 1. The van der Waals surface area contributed by atoms with Crippen LogP contribution >= 0.6 is 11.3 Å². The highest BCUT2D eigenvalue weighted by Crippen LogP contribution is 2.22. The molecule has 1 aliphatic rings. The smallest absolute Gasteiger partial charge is 0.269 e. The average molecular weight is 542 g/mol. The highest BCUT2D eigenvalue weighted by Gasteiger charge is 2.31. The topological polar surface area (TPSA) is 103 Å². The van der Waals surface area contributed by atoms with Gasteiger partial charge in [0.2, 0.25) is 11.8 Å². The van der Waals surface area contributed by atoms with E-state index >= 15 is 0 Å². The summed E-state index contributed by atoms with van der Waals surface area (Å²) in [6, 6.07) is 22.0. The monoisotopic (exact) mass is 541 g/mol. The molecule has 5 rings (SSSR count). The van der Waals surface area contributed by atoms with Crippen molar-refractivity contribution in [1.29, 1.82) is 5.41 Å². The normalized spacial score (nSPS) is 14.6. The van der Waals surface area contributed by atoms with E-state index in [1.807, 2.05) is 59.4 Å². The lowest BCUT2D eigenvalue weighted by Gasteiger charge is -2.38. The lowest BCUT2D eigenvalue weighted by Crippen LogP contribution is -2.71. The minimum Gasteiger partial charge on any atom is -0.421 e. The van der Waals surface area contributed by atoms with E-state index < -0.39 is 0 Å². The van der Waals surface area contributed by atoms with Crippen molar-refractivity contribution in [1.82, 2.24) is 20.0 Å². The lowest BCUT2D eigenvalue weighted by atomic mass is 10.0. The SMILES string of the molecule is Cc1nnc(-c2cccc([NH2+]/C=C\C(=N)N(C(=O)c3cccs3)C3CCN(CCc4ccccc4)CC3)c2)o1. The van der Waals surface area contributed by atoms with Crippen LogP contribution in [-0.4, -0.2) is 57.4 Å². The number of carbonyl (C=O) groups excluding carboxylic acids is 1. The summed E-state index contributed by atoms with van der Waals surface area (Å²) < 4.78 is 5.54. The van der Waals surface area contributed by atoms with Crippen molar-refractivity contribution >= 4 is 28.8 Å². The number of nitrogens with one attached hydrogen (secondary N) is 1. The van der Waals surface area contributed by atoms with E-state index in [0.29, 0.717) is 16.7 Å². The molecule has 2 aromatic heterocycles. The number of rotatable bonds is 9. The predicted molar refractivity (Wildman–Crippen MR) is 153 cm³/mol. The van der Waals surface area contributed by atoms with Gasteiger partial charge in [-0.1, -0.05) is 42.5 Å². The van der Waals surface area contributed by atoms with Gasteiger partial charge in [-0.05, 0) is 48.4 Å². The van der Waals surface area contributed by atoms with Gasteiger partial charge in [0.25, 0.3) is 5.91 Å². The third kappa shape index (κ3) is 6.94. The fourth-order valence-corrected chi connectivity index (χ4v) is 5.50. The Morgan fingerprint density at radius 3 is 2.67 bits per heavy atom. The van der Waals surface area contributed by atoms with Gasteiger partial charge in [-0.2, -0.15) is 0 Å². The van der Waals surface area contributed by atoms with Crippen LogP contribution in [-0.2, 0) is 6.42 Å². The molecule has 1 fully saturated rings. The standard InChI is InChI=1S/C30H32N6O2S/c1-22-33-34-29(38-22)24-9-5-10-25(21-24)32-16-12-28(31)36(30(37)27-11-6-20-39-27)26-14-18-35(19-15-26)17-13-23-7-3-2-4-8-23/h2-12,16,20-21,26,31-32H,13-15,17-19H2,1H3/p+1/b16-12-,31-28?. The molecule has 0 spiro atoms. The molecule has 4 aromatic rings. The van der Waals surface area contributed by atoms with E-state index in [2.05, 4.69) is 39.4 Å². The number of hydrogen-bond acceptors (Lipinski definition) is 7. The molecule has 3 heterocycles. The van der Waals surface area contributed by atoms with Crippen molar-refractivity contribution in [2.75, 3.05) is 19.6 Å². The average Bonchev–Trinajstić information content (AvgIpc) is 3.66. The molecular formula is C30H33N6O2S+. The molecule has 0 radical (unpaired) electrons. The molecule has 0 aliphatic carbocycles. The molecule has 0 atom stereocenters. The number of nitrogens with zero attached hydrogens (tertiary/aromatic N) is 4. The van der Waals surface area contributed by atoms with Crippen LogP contribution in [0.25, 0.3) is 11.5 Å². The Labute approximate surface area is 232 Å². The molecule has 200 valence electrons. The fourth-order valence-electron chi connectivity index (χ4n) is 4.84. The van der Waals surface area contributed by atoms with Gasteiger partial charge in [0.15, 0.2) is 0 Å². The first-order chi connectivity index (χ1) is 19.1. The maximum atomic E-state index is 13.5. The van der Waals surface area contributed by atoms with Crippen molar-refractivity contribution in [3.63, 3.8) is 0 Å². The van der Waals surface area contributed by atoms with Gasteiger partial charge in [0, 0.05) is 50.3 Å². The molecule has 0 saturated carbocycles. The molecule has 0 unspecified atom stereocenters. The number of amidine groups is 1. The van der Waals surface area contributed by atoms with Gasteiger partial charge in [-0.3, -0.25) is 20.4 Å². The summed E-state index contributed by atoms with van der Waals surface area (Å²) in [6.07, 6.45) is 6.24. The summed E-state index contributed by atoms with van der Waals surface area (Å²) in [4.78, 5) is 18.3. The van der Waals surface area contributed by atoms with Crippen LogP contribution in [0.1, 0.15) is 34.0 Å². The molecule has 39 heavy (non-hydrogen) atoms. The molecule has 3 N–H and O–H groups in total. The summed E-state index contributed by atoms with van der Waals surface area (Å²) in [5.41, 5.74) is 3.12. The molecule has 8 nitrogen and oxygen atoms in total. The van der Waals surface area contributed by atoms with Crippen molar-refractivity contribution in [2.24, 2.45) is 0 Å². The number of aryl methyl sites for hydroxylation is 1. The van der Waals surface area contributed by atoms with Gasteiger partial charge >= 0.3 is 0 Å².